The third kappa shape index (κ3) is 4.79. The lowest BCUT2D eigenvalue weighted by Crippen LogP contribution is -2.30. The average Bonchev–Trinajstić information content (AvgIpc) is 3.29. The number of hydrogen-bond donors (Lipinski definition) is 2. The number of nitrogens with zero attached hydrogens (tertiary/aromatic N) is 3. The molecule has 1 fully saturated rings. The zero-order valence-electron chi connectivity index (χ0n) is 13.6. The Hall–Kier alpha value is -2.41. The molecule has 0 saturated heterocycles. The van der Waals surface area contributed by atoms with Gasteiger partial charge in [-0.2, -0.15) is 5.10 Å². The van der Waals surface area contributed by atoms with Crippen LogP contribution in [0.25, 0.3) is 5.82 Å². The van der Waals surface area contributed by atoms with E-state index in [1.807, 2.05) is 12.3 Å². The van der Waals surface area contributed by atoms with Crippen LogP contribution in [0.4, 0.5) is 10.5 Å². The fourth-order valence-electron chi connectivity index (χ4n) is 2.75. The minimum Gasteiger partial charge on any atom is -0.378 e. The highest BCUT2D eigenvalue weighted by molar-refractivity contribution is 5.88. The van der Waals surface area contributed by atoms with Gasteiger partial charge < -0.3 is 15.4 Å². The topological polar surface area (TPSA) is 81.1 Å². The molecule has 0 unspecified atom stereocenters. The second-order valence-corrected chi connectivity index (χ2v) is 5.87. The summed E-state index contributed by atoms with van der Waals surface area (Å²) >= 11 is 0. The molecular formula is C17H23N5O2. The van der Waals surface area contributed by atoms with Gasteiger partial charge in [-0.25, -0.2) is 14.5 Å². The predicted molar refractivity (Wildman–Crippen MR) is 91.2 cm³/mol. The quantitative estimate of drug-likeness (QED) is 0.765. The lowest BCUT2D eigenvalue weighted by molar-refractivity contribution is 0.0572. The van der Waals surface area contributed by atoms with Gasteiger partial charge in [0.1, 0.15) is 0 Å². The van der Waals surface area contributed by atoms with Crippen molar-refractivity contribution in [2.24, 2.45) is 0 Å². The molecule has 2 N–H and O–H groups in total. The van der Waals surface area contributed by atoms with Crippen LogP contribution in [0.5, 0.6) is 0 Å². The molecule has 3 rings (SSSR count). The molecular weight excluding hydrogens is 306 g/mol. The molecule has 0 aromatic carbocycles. The maximum absolute atomic E-state index is 11.8. The monoisotopic (exact) mass is 329 g/mol. The summed E-state index contributed by atoms with van der Waals surface area (Å²) in [7, 11) is 0. The van der Waals surface area contributed by atoms with Crippen molar-refractivity contribution in [1.29, 1.82) is 0 Å². The minimum absolute atomic E-state index is 0.232. The number of hydrogen-bond acceptors (Lipinski definition) is 4. The zero-order chi connectivity index (χ0) is 16.6. The number of amides is 2. The Bertz CT molecular complexity index is 621. The van der Waals surface area contributed by atoms with Crippen molar-refractivity contribution < 1.29 is 9.53 Å². The zero-order valence-corrected chi connectivity index (χ0v) is 13.6. The summed E-state index contributed by atoms with van der Waals surface area (Å²) in [6, 6.07) is 5.20. The van der Waals surface area contributed by atoms with Gasteiger partial charge >= 0.3 is 6.03 Å². The van der Waals surface area contributed by atoms with Crippen LogP contribution in [-0.4, -0.2) is 40.1 Å². The smallest absolute Gasteiger partial charge is 0.319 e. The number of anilines is 1. The molecule has 1 aliphatic carbocycles. The lowest BCUT2D eigenvalue weighted by atomic mass is 10.3. The van der Waals surface area contributed by atoms with Gasteiger partial charge in [-0.05, 0) is 37.5 Å². The molecule has 7 heteroatoms. The van der Waals surface area contributed by atoms with E-state index in [4.69, 9.17) is 4.74 Å². The Morgan fingerprint density at radius 2 is 2.21 bits per heavy atom. The number of urea groups is 1. The molecule has 2 amide bonds. The fourth-order valence-corrected chi connectivity index (χ4v) is 2.75. The van der Waals surface area contributed by atoms with Crippen LogP contribution in [0.3, 0.4) is 0 Å². The van der Waals surface area contributed by atoms with Gasteiger partial charge in [0.15, 0.2) is 5.82 Å². The van der Waals surface area contributed by atoms with E-state index in [9.17, 15) is 4.79 Å². The van der Waals surface area contributed by atoms with E-state index in [2.05, 4.69) is 20.7 Å². The SMILES string of the molecule is O=C(NCCCOC1CCCC1)Nc1ccc(-n2cccn2)nc1. The first-order valence-electron chi connectivity index (χ1n) is 8.44. The minimum atomic E-state index is -0.232. The number of carbonyl (C=O) groups is 1. The molecule has 0 bridgehead atoms. The normalized spacial score (nSPS) is 14.7. The molecule has 7 nitrogen and oxygen atoms in total. The van der Waals surface area contributed by atoms with Crippen LogP contribution >= 0.6 is 0 Å². The van der Waals surface area contributed by atoms with E-state index in [-0.39, 0.29) is 6.03 Å². The Morgan fingerprint density at radius 1 is 1.33 bits per heavy atom. The summed E-state index contributed by atoms with van der Waals surface area (Å²) in [6.07, 6.45) is 11.3. The number of rotatable bonds is 7. The van der Waals surface area contributed by atoms with Crippen molar-refractivity contribution in [1.82, 2.24) is 20.1 Å². The first-order chi connectivity index (χ1) is 11.8. The van der Waals surface area contributed by atoms with Crippen molar-refractivity contribution in [3.05, 3.63) is 36.8 Å². The average molecular weight is 329 g/mol. The van der Waals surface area contributed by atoms with E-state index in [1.165, 1.54) is 25.7 Å². The largest absolute Gasteiger partial charge is 0.378 e. The van der Waals surface area contributed by atoms with Gasteiger partial charge in [0.05, 0.1) is 18.0 Å². The second kappa shape index (κ2) is 8.44. The molecule has 0 atom stereocenters. The predicted octanol–water partition coefficient (Wildman–Crippen LogP) is 2.74. The van der Waals surface area contributed by atoms with Crippen LogP contribution in [0, 0.1) is 0 Å². The Kier molecular flexibility index (Phi) is 5.79. The molecule has 0 aliphatic heterocycles. The van der Waals surface area contributed by atoms with Crippen LogP contribution in [-0.2, 0) is 4.74 Å². The summed E-state index contributed by atoms with van der Waals surface area (Å²) in [5, 5.41) is 9.69. The van der Waals surface area contributed by atoms with E-state index in [1.54, 1.807) is 29.2 Å². The maximum atomic E-state index is 11.8. The third-order valence-corrected chi connectivity index (χ3v) is 4.01. The van der Waals surface area contributed by atoms with Crippen LogP contribution in [0.1, 0.15) is 32.1 Å². The van der Waals surface area contributed by atoms with Gasteiger partial charge in [-0.1, -0.05) is 12.8 Å². The van der Waals surface area contributed by atoms with Crippen molar-refractivity contribution in [2.45, 2.75) is 38.2 Å². The standard InChI is InChI=1S/C17H23N5O2/c23-17(18-9-4-12-24-15-5-1-2-6-15)21-14-7-8-16(19-13-14)22-11-3-10-20-22/h3,7-8,10-11,13,15H,1-2,4-6,9,12H2,(H2,18,21,23). The van der Waals surface area contributed by atoms with Crippen molar-refractivity contribution in [2.75, 3.05) is 18.5 Å². The van der Waals surface area contributed by atoms with Crippen molar-refractivity contribution in [3.8, 4) is 5.82 Å². The number of pyridine rings is 1. The van der Waals surface area contributed by atoms with Crippen LogP contribution < -0.4 is 10.6 Å². The van der Waals surface area contributed by atoms with Gasteiger partial charge in [0, 0.05) is 25.5 Å². The molecule has 24 heavy (non-hydrogen) atoms. The van der Waals surface area contributed by atoms with Crippen LogP contribution in [0.15, 0.2) is 36.8 Å². The highest BCUT2D eigenvalue weighted by Crippen LogP contribution is 2.20. The Labute approximate surface area is 141 Å². The third-order valence-electron chi connectivity index (χ3n) is 4.01. The van der Waals surface area contributed by atoms with Gasteiger partial charge in [-0.15, -0.1) is 0 Å². The number of nitrogens with one attached hydrogen (secondary N) is 2. The lowest BCUT2D eigenvalue weighted by Gasteiger charge is -2.11. The fraction of sp³-hybridized carbons (Fsp3) is 0.471. The van der Waals surface area contributed by atoms with Crippen molar-refractivity contribution in [3.63, 3.8) is 0 Å². The highest BCUT2D eigenvalue weighted by atomic mass is 16.5. The summed E-state index contributed by atoms with van der Waals surface area (Å²) in [6.45, 7) is 1.29. The second-order valence-electron chi connectivity index (χ2n) is 5.87. The number of aromatic nitrogens is 3. The molecule has 0 spiro atoms. The Morgan fingerprint density at radius 3 is 2.92 bits per heavy atom. The summed E-state index contributed by atoms with van der Waals surface area (Å²) in [4.78, 5) is 16.1. The maximum Gasteiger partial charge on any atom is 0.319 e. The number of ether oxygens (including phenoxy) is 1. The molecule has 1 saturated carbocycles. The van der Waals surface area contributed by atoms with Crippen LogP contribution in [0.2, 0.25) is 0 Å². The van der Waals surface area contributed by atoms with Gasteiger partial charge in [0.25, 0.3) is 0 Å². The molecule has 0 radical (unpaired) electrons. The Balaban J connectivity index is 1.34. The van der Waals surface area contributed by atoms with E-state index in [0.29, 0.717) is 30.8 Å². The van der Waals surface area contributed by atoms with Gasteiger partial charge in [-0.3, -0.25) is 0 Å². The number of carbonyl (C=O) groups excluding carboxylic acids is 1. The highest BCUT2D eigenvalue weighted by Gasteiger charge is 2.14. The first kappa shape index (κ1) is 16.4. The van der Waals surface area contributed by atoms with Crippen molar-refractivity contribution >= 4 is 11.7 Å². The van der Waals surface area contributed by atoms with E-state index >= 15 is 0 Å². The van der Waals surface area contributed by atoms with E-state index < -0.39 is 0 Å². The molecule has 2 aromatic heterocycles. The van der Waals surface area contributed by atoms with Gasteiger partial charge in [0.2, 0.25) is 0 Å². The van der Waals surface area contributed by atoms with E-state index in [0.717, 1.165) is 6.42 Å². The molecule has 2 heterocycles. The molecule has 2 aromatic rings. The molecule has 1 aliphatic rings. The summed E-state index contributed by atoms with van der Waals surface area (Å²) < 4.78 is 7.42. The first-order valence-corrected chi connectivity index (χ1v) is 8.44. The summed E-state index contributed by atoms with van der Waals surface area (Å²) in [5.74, 6) is 0.704. The molecule has 128 valence electrons. The summed E-state index contributed by atoms with van der Waals surface area (Å²) in [5.41, 5.74) is 0.644.